The Balaban J connectivity index is 1.54. The van der Waals surface area contributed by atoms with Crippen molar-refractivity contribution < 1.29 is 8.42 Å². The summed E-state index contributed by atoms with van der Waals surface area (Å²) < 4.78 is 28.2. The normalized spacial score (nSPS) is 18.0. The van der Waals surface area contributed by atoms with Crippen LogP contribution in [0.1, 0.15) is 12.8 Å². The number of rotatable bonds is 4. The highest BCUT2D eigenvalue weighted by Crippen LogP contribution is 2.24. The van der Waals surface area contributed by atoms with Crippen LogP contribution in [-0.2, 0) is 10.0 Å². The number of para-hydroxylation sites is 1. The number of nitrogens with one attached hydrogen (secondary N) is 1. The Kier molecular flexibility index (Phi) is 4.42. The van der Waals surface area contributed by atoms with E-state index in [1.54, 1.807) is 24.5 Å². The van der Waals surface area contributed by atoms with Crippen molar-refractivity contribution in [2.45, 2.75) is 18.1 Å². The molecular weight excluding hydrogens is 350 g/mol. The average molecular weight is 369 g/mol. The Labute approximate surface area is 152 Å². The van der Waals surface area contributed by atoms with Crippen LogP contribution in [0.15, 0.2) is 54.9 Å². The topological polar surface area (TPSA) is 88.1 Å². The van der Waals surface area contributed by atoms with Crippen molar-refractivity contribution in [3.63, 3.8) is 0 Å². The van der Waals surface area contributed by atoms with Crippen LogP contribution < -0.4 is 9.62 Å². The first kappa shape index (κ1) is 16.7. The van der Waals surface area contributed by atoms with Crippen molar-refractivity contribution in [2.24, 2.45) is 0 Å². The van der Waals surface area contributed by atoms with E-state index in [9.17, 15) is 8.42 Å². The van der Waals surface area contributed by atoms with Crippen LogP contribution in [-0.4, -0.2) is 41.7 Å². The summed E-state index contributed by atoms with van der Waals surface area (Å²) in [7, 11) is -3.47. The number of benzene rings is 1. The van der Waals surface area contributed by atoms with Gasteiger partial charge in [0.25, 0.3) is 0 Å². The predicted molar refractivity (Wildman–Crippen MR) is 102 cm³/mol. The summed E-state index contributed by atoms with van der Waals surface area (Å²) >= 11 is 0. The number of sulfonamides is 1. The standard InChI is InChI=1S/C18H19N5O2S/c24-26(25,22-14-5-2-1-3-6-14)15-7-4-12-23(13-15)17-9-8-16-18(21-17)20-11-10-19-16/h1-3,5-6,8-11,15,22H,4,7,12-13H2. The molecule has 1 fully saturated rings. The van der Waals surface area contributed by atoms with E-state index in [2.05, 4.69) is 19.7 Å². The second kappa shape index (κ2) is 6.87. The fraction of sp³-hybridized carbons (Fsp3) is 0.278. The Bertz CT molecular complexity index is 1010. The van der Waals surface area contributed by atoms with Gasteiger partial charge >= 0.3 is 0 Å². The largest absolute Gasteiger partial charge is 0.355 e. The van der Waals surface area contributed by atoms with E-state index in [0.717, 1.165) is 24.3 Å². The number of nitrogens with zero attached hydrogens (tertiary/aromatic N) is 4. The molecular formula is C18H19N5O2S. The molecule has 0 radical (unpaired) electrons. The zero-order valence-corrected chi connectivity index (χ0v) is 14.9. The van der Waals surface area contributed by atoms with Crippen molar-refractivity contribution in [2.75, 3.05) is 22.7 Å². The summed E-state index contributed by atoms with van der Waals surface area (Å²) in [6, 6.07) is 12.7. The van der Waals surface area contributed by atoms with Crippen LogP contribution in [0.25, 0.3) is 11.2 Å². The number of piperidine rings is 1. The number of fused-ring (bicyclic) bond motifs is 1. The van der Waals surface area contributed by atoms with Crippen LogP contribution in [0.5, 0.6) is 0 Å². The maximum atomic E-state index is 12.8. The highest BCUT2D eigenvalue weighted by Gasteiger charge is 2.31. The van der Waals surface area contributed by atoms with Crippen LogP contribution in [0.2, 0.25) is 0 Å². The maximum Gasteiger partial charge on any atom is 0.237 e. The minimum atomic E-state index is -3.47. The lowest BCUT2D eigenvalue weighted by atomic mass is 10.1. The van der Waals surface area contributed by atoms with Gasteiger partial charge in [0.15, 0.2) is 5.65 Å². The number of aromatic nitrogens is 3. The molecule has 1 saturated heterocycles. The zero-order chi connectivity index (χ0) is 18.0. The van der Waals surface area contributed by atoms with Gasteiger partial charge in [0.1, 0.15) is 11.3 Å². The Morgan fingerprint density at radius 3 is 2.69 bits per heavy atom. The summed E-state index contributed by atoms with van der Waals surface area (Å²) in [6.07, 6.45) is 4.65. The molecule has 0 amide bonds. The van der Waals surface area contributed by atoms with Gasteiger partial charge in [0.05, 0.1) is 5.25 Å². The Morgan fingerprint density at radius 1 is 1.04 bits per heavy atom. The molecule has 1 N–H and O–H groups in total. The maximum absolute atomic E-state index is 12.8. The van der Waals surface area contributed by atoms with Crippen LogP contribution in [0, 0.1) is 0 Å². The van der Waals surface area contributed by atoms with Gasteiger partial charge in [-0.25, -0.2) is 18.4 Å². The monoisotopic (exact) mass is 369 g/mol. The first-order valence-corrected chi connectivity index (χ1v) is 10.1. The predicted octanol–water partition coefficient (Wildman–Crippen LogP) is 2.44. The number of hydrogen-bond acceptors (Lipinski definition) is 6. The number of hydrogen-bond donors (Lipinski definition) is 1. The summed E-state index contributed by atoms with van der Waals surface area (Å²) in [4.78, 5) is 15.0. The Hall–Kier alpha value is -2.74. The molecule has 4 rings (SSSR count). The van der Waals surface area contributed by atoms with Gasteiger partial charge in [0.2, 0.25) is 10.0 Å². The molecule has 1 aliphatic heterocycles. The highest BCUT2D eigenvalue weighted by molar-refractivity contribution is 7.93. The Morgan fingerprint density at radius 2 is 1.85 bits per heavy atom. The number of anilines is 2. The minimum Gasteiger partial charge on any atom is -0.355 e. The van der Waals surface area contributed by atoms with E-state index >= 15 is 0 Å². The van der Waals surface area contributed by atoms with Crippen LogP contribution >= 0.6 is 0 Å². The minimum absolute atomic E-state index is 0.404. The molecule has 7 nitrogen and oxygen atoms in total. The van der Waals surface area contributed by atoms with Gasteiger partial charge in [-0.2, -0.15) is 0 Å². The zero-order valence-electron chi connectivity index (χ0n) is 14.1. The van der Waals surface area contributed by atoms with Gasteiger partial charge < -0.3 is 4.90 Å². The smallest absolute Gasteiger partial charge is 0.237 e. The molecule has 2 aromatic heterocycles. The van der Waals surface area contributed by atoms with Gasteiger partial charge in [-0.05, 0) is 37.1 Å². The molecule has 26 heavy (non-hydrogen) atoms. The molecule has 8 heteroatoms. The second-order valence-corrected chi connectivity index (χ2v) is 8.25. The molecule has 3 heterocycles. The van der Waals surface area contributed by atoms with Crippen molar-refractivity contribution in [3.05, 3.63) is 54.9 Å². The van der Waals surface area contributed by atoms with Gasteiger partial charge in [-0.15, -0.1) is 0 Å². The van der Waals surface area contributed by atoms with Crippen LogP contribution in [0.4, 0.5) is 11.5 Å². The molecule has 1 unspecified atom stereocenters. The van der Waals surface area contributed by atoms with E-state index in [0.29, 0.717) is 24.3 Å². The lowest BCUT2D eigenvalue weighted by Gasteiger charge is -2.33. The van der Waals surface area contributed by atoms with Crippen molar-refractivity contribution in [1.82, 2.24) is 15.0 Å². The van der Waals surface area contributed by atoms with E-state index in [1.165, 1.54) is 0 Å². The van der Waals surface area contributed by atoms with Gasteiger partial charge in [-0.1, -0.05) is 18.2 Å². The first-order chi connectivity index (χ1) is 12.6. The third-order valence-electron chi connectivity index (χ3n) is 4.49. The number of pyridine rings is 1. The summed E-state index contributed by atoms with van der Waals surface area (Å²) in [6.45, 7) is 1.18. The summed E-state index contributed by atoms with van der Waals surface area (Å²) in [5, 5.41) is -0.490. The quantitative estimate of drug-likeness (QED) is 0.760. The van der Waals surface area contributed by atoms with E-state index < -0.39 is 15.3 Å². The highest BCUT2D eigenvalue weighted by atomic mass is 32.2. The van der Waals surface area contributed by atoms with Crippen LogP contribution in [0.3, 0.4) is 0 Å². The molecule has 1 aliphatic rings. The van der Waals surface area contributed by atoms with Crippen molar-refractivity contribution in [1.29, 1.82) is 0 Å². The molecule has 1 atom stereocenters. The molecule has 1 aromatic carbocycles. The third kappa shape index (κ3) is 3.45. The lowest BCUT2D eigenvalue weighted by molar-refractivity contribution is 0.533. The van der Waals surface area contributed by atoms with Crippen molar-refractivity contribution in [3.8, 4) is 0 Å². The average Bonchev–Trinajstić information content (AvgIpc) is 2.68. The molecule has 3 aromatic rings. The summed E-state index contributed by atoms with van der Waals surface area (Å²) in [5.41, 5.74) is 1.88. The lowest BCUT2D eigenvalue weighted by Crippen LogP contribution is -2.44. The molecule has 0 bridgehead atoms. The fourth-order valence-electron chi connectivity index (χ4n) is 3.17. The second-order valence-electron chi connectivity index (χ2n) is 6.29. The van der Waals surface area contributed by atoms with E-state index in [1.807, 2.05) is 35.2 Å². The van der Waals surface area contributed by atoms with Gasteiger partial charge in [-0.3, -0.25) is 9.71 Å². The molecule has 134 valence electrons. The first-order valence-electron chi connectivity index (χ1n) is 8.51. The van der Waals surface area contributed by atoms with Crippen molar-refractivity contribution >= 4 is 32.7 Å². The molecule has 0 saturated carbocycles. The SMILES string of the molecule is O=S(=O)(Nc1ccccc1)C1CCCN(c2ccc3nccnc3n2)C1. The van der Waals surface area contributed by atoms with Gasteiger partial charge in [0, 0.05) is 31.2 Å². The fourth-order valence-corrected chi connectivity index (χ4v) is 4.66. The van der Waals surface area contributed by atoms with E-state index in [-0.39, 0.29) is 0 Å². The molecule has 0 spiro atoms. The molecule has 0 aliphatic carbocycles. The third-order valence-corrected chi connectivity index (χ3v) is 6.27. The van der Waals surface area contributed by atoms with E-state index in [4.69, 9.17) is 0 Å². The summed E-state index contributed by atoms with van der Waals surface area (Å²) in [5.74, 6) is 0.734.